The number of benzene rings is 1. The second-order valence-electron chi connectivity index (χ2n) is 7.22. The van der Waals surface area contributed by atoms with Crippen LogP contribution < -0.4 is 10.1 Å². The van der Waals surface area contributed by atoms with E-state index in [4.69, 9.17) is 14.7 Å². The summed E-state index contributed by atoms with van der Waals surface area (Å²) in [5.74, 6) is 3.08. The van der Waals surface area contributed by atoms with E-state index in [9.17, 15) is 5.11 Å². The number of ether oxygens (including phenoxy) is 1. The monoisotopic (exact) mass is 381 g/mol. The van der Waals surface area contributed by atoms with Crippen molar-refractivity contribution < 1.29 is 9.84 Å². The average molecular weight is 381 g/mol. The van der Waals surface area contributed by atoms with Gasteiger partial charge in [0.1, 0.15) is 5.82 Å². The summed E-state index contributed by atoms with van der Waals surface area (Å²) in [6.07, 6.45) is 7.07. The largest absolute Gasteiger partial charge is 0.504 e. The summed E-state index contributed by atoms with van der Waals surface area (Å²) in [6.45, 7) is 5.66. The summed E-state index contributed by atoms with van der Waals surface area (Å²) in [7, 11) is 0. The van der Waals surface area contributed by atoms with E-state index in [-0.39, 0.29) is 11.9 Å². The van der Waals surface area contributed by atoms with Crippen LogP contribution in [0, 0.1) is 0 Å². The average Bonchev–Trinajstić information content (AvgIpc) is 3.35. The van der Waals surface area contributed by atoms with E-state index >= 15 is 0 Å². The summed E-state index contributed by atoms with van der Waals surface area (Å²) < 4.78 is 8.01. The minimum Gasteiger partial charge on any atom is -0.504 e. The van der Waals surface area contributed by atoms with E-state index in [0.717, 1.165) is 54.7 Å². The third-order valence-corrected chi connectivity index (χ3v) is 5.18. The molecular formula is C21H27N5O2. The van der Waals surface area contributed by atoms with E-state index in [1.165, 1.54) is 12.8 Å². The van der Waals surface area contributed by atoms with Crippen LogP contribution in [0.4, 0.5) is 5.82 Å². The van der Waals surface area contributed by atoms with Crippen LogP contribution in [0.3, 0.4) is 0 Å². The number of aromatic nitrogens is 4. The zero-order valence-electron chi connectivity index (χ0n) is 16.5. The Bertz CT molecular complexity index is 917. The number of fused-ring (bicyclic) bond motifs is 1. The molecule has 28 heavy (non-hydrogen) atoms. The van der Waals surface area contributed by atoms with Gasteiger partial charge in [0, 0.05) is 19.5 Å². The molecule has 0 unspecified atom stereocenters. The Morgan fingerprint density at radius 2 is 2.04 bits per heavy atom. The van der Waals surface area contributed by atoms with Crippen molar-refractivity contribution in [2.24, 2.45) is 0 Å². The van der Waals surface area contributed by atoms with Crippen LogP contribution in [-0.2, 0) is 13.0 Å². The van der Waals surface area contributed by atoms with Crippen LogP contribution in [0.5, 0.6) is 11.5 Å². The molecule has 4 rings (SSSR count). The lowest BCUT2D eigenvalue weighted by atomic mass is 10.1. The molecule has 2 N–H and O–H groups in total. The standard InChI is InChI=1S/C21H27N5O2/c1-3-22-20-19-21(26(4-2)13-23-20)25-18(24-19)12-14-9-10-16(27)17(11-14)28-15-7-5-6-8-15/h9-11,13,15,22,27H,3-8,12H2,1-2H3. The van der Waals surface area contributed by atoms with Gasteiger partial charge < -0.3 is 19.7 Å². The fraction of sp³-hybridized carbons (Fsp3) is 0.476. The van der Waals surface area contributed by atoms with Gasteiger partial charge in [-0.2, -0.15) is 0 Å². The normalized spacial score (nSPS) is 14.6. The fourth-order valence-corrected chi connectivity index (χ4v) is 3.72. The highest BCUT2D eigenvalue weighted by molar-refractivity contribution is 5.67. The Kier molecular flexibility index (Phi) is 5.32. The molecule has 0 radical (unpaired) electrons. The molecule has 0 saturated heterocycles. The Morgan fingerprint density at radius 1 is 1.21 bits per heavy atom. The van der Waals surface area contributed by atoms with Gasteiger partial charge in [0.05, 0.1) is 12.4 Å². The lowest BCUT2D eigenvalue weighted by Crippen LogP contribution is -2.11. The molecule has 1 aromatic rings. The molecule has 2 heterocycles. The maximum Gasteiger partial charge on any atom is 0.165 e. The third kappa shape index (κ3) is 3.74. The van der Waals surface area contributed by atoms with Gasteiger partial charge in [0.2, 0.25) is 0 Å². The van der Waals surface area contributed by atoms with Crippen LogP contribution in [-0.4, -0.2) is 37.3 Å². The summed E-state index contributed by atoms with van der Waals surface area (Å²) in [5.41, 5.74) is 1.81. The number of phenols is 1. The first-order chi connectivity index (χ1) is 13.7. The minimum absolute atomic E-state index is 0.187. The van der Waals surface area contributed by atoms with Gasteiger partial charge in [0.25, 0.3) is 0 Å². The predicted molar refractivity (Wildman–Crippen MR) is 108 cm³/mol. The zero-order valence-corrected chi connectivity index (χ0v) is 16.5. The summed E-state index contributed by atoms with van der Waals surface area (Å²) >= 11 is 0. The quantitative estimate of drug-likeness (QED) is 0.647. The van der Waals surface area contributed by atoms with Gasteiger partial charge in [-0.1, -0.05) is 6.07 Å². The van der Waals surface area contributed by atoms with Crippen molar-refractivity contribution in [1.82, 2.24) is 19.5 Å². The molecule has 0 spiro atoms. The van der Waals surface area contributed by atoms with Gasteiger partial charge in [0.15, 0.2) is 28.8 Å². The summed E-state index contributed by atoms with van der Waals surface area (Å²) in [5, 5.41) is 13.4. The Hall–Kier alpha value is -2.83. The molecule has 1 saturated carbocycles. The smallest absolute Gasteiger partial charge is 0.165 e. The van der Waals surface area contributed by atoms with Gasteiger partial charge in [-0.05, 0) is 57.2 Å². The molecule has 7 nitrogen and oxygen atoms in total. The van der Waals surface area contributed by atoms with Crippen molar-refractivity contribution in [1.29, 1.82) is 0 Å². The van der Waals surface area contributed by atoms with Crippen LogP contribution in [0.25, 0.3) is 11.5 Å². The number of nitrogens with zero attached hydrogens (tertiary/aromatic N) is 4. The maximum absolute atomic E-state index is 10.2. The van der Waals surface area contributed by atoms with E-state index < -0.39 is 0 Å². The first-order valence-electron chi connectivity index (χ1n) is 10.1. The van der Waals surface area contributed by atoms with E-state index in [2.05, 4.69) is 17.2 Å². The number of nitrogens with one attached hydrogen (secondary N) is 1. The molecular weight excluding hydrogens is 354 g/mol. The summed E-state index contributed by atoms with van der Waals surface area (Å²) in [6, 6.07) is 5.50. The highest BCUT2D eigenvalue weighted by atomic mass is 16.5. The second-order valence-corrected chi connectivity index (χ2v) is 7.22. The number of hydrogen-bond donors (Lipinski definition) is 2. The predicted octanol–water partition coefficient (Wildman–Crippen LogP) is 3.85. The fourth-order valence-electron chi connectivity index (χ4n) is 3.72. The van der Waals surface area contributed by atoms with Crippen molar-refractivity contribution >= 4 is 5.82 Å². The molecule has 1 fully saturated rings. The molecule has 1 aromatic carbocycles. The van der Waals surface area contributed by atoms with E-state index in [1.807, 2.05) is 23.6 Å². The molecule has 0 atom stereocenters. The molecule has 7 heteroatoms. The Morgan fingerprint density at radius 3 is 2.79 bits per heavy atom. The van der Waals surface area contributed by atoms with Gasteiger partial charge in [-0.15, -0.1) is 0 Å². The zero-order chi connectivity index (χ0) is 19.5. The topological polar surface area (TPSA) is 85.1 Å². The highest BCUT2D eigenvalue weighted by Crippen LogP contribution is 2.33. The number of aryl methyl sites for hydroxylation is 1. The Balaban J connectivity index is 1.61. The van der Waals surface area contributed by atoms with Gasteiger partial charge in [-0.3, -0.25) is 0 Å². The molecule has 1 aliphatic carbocycles. The SMILES string of the molecule is CCNc1ncn(CC)c2nc(Cc3ccc(O)c(OC4CCCC4)c3)nc1-2. The van der Waals surface area contributed by atoms with Crippen molar-refractivity contribution in [3.8, 4) is 23.0 Å². The van der Waals surface area contributed by atoms with Crippen LogP contribution in [0.2, 0.25) is 0 Å². The molecule has 0 aromatic heterocycles. The third-order valence-electron chi connectivity index (χ3n) is 5.18. The van der Waals surface area contributed by atoms with Crippen LogP contribution >= 0.6 is 0 Å². The number of hydrogen-bond acceptors (Lipinski definition) is 6. The Labute approximate surface area is 165 Å². The number of phenolic OH excluding ortho intramolecular Hbond substituents is 1. The molecule has 0 amide bonds. The maximum atomic E-state index is 10.2. The number of imidazole rings is 1. The molecule has 2 aliphatic heterocycles. The minimum atomic E-state index is 0.187. The summed E-state index contributed by atoms with van der Waals surface area (Å²) in [4.78, 5) is 13.9. The number of aromatic hydroxyl groups is 1. The van der Waals surface area contributed by atoms with E-state index in [1.54, 1.807) is 12.4 Å². The first kappa shape index (κ1) is 18.5. The molecule has 3 aliphatic rings. The van der Waals surface area contributed by atoms with Crippen LogP contribution in [0.1, 0.15) is 50.9 Å². The lowest BCUT2D eigenvalue weighted by Gasteiger charge is -2.15. The first-order valence-corrected chi connectivity index (χ1v) is 10.1. The van der Waals surface area contributed by atoms with Gasteiger partial charge in [-0.25, -0.2) is 15.0 Å². The number of anilines is 1. The second kappa shape index (κ2) is 8.04. The van der Waals surface area contributed by atoms with Crippen molar-refractivity contribution in [3.05, 3.63) is 35.9 Å². The number of rotatable bonds is 7. The lowest BCUT2D eigenvalue weighted by molar-refractivity contribution is 0.201. The van der Waals surface area contributed by atoms with Crippen LogP contribution in [0.15, 0.2) is 24.5 Å². The van der Waals surface area contributed by atoms with E-state index in [0.29, 0.717) is 12.2 Å². The molecule has 148 valence electrons. The van der Waals surface area contributed by atoms with Crippen molar-refractivity contribution in [3.63, 3.8) is 0 Å². The molecule has 0 bridgehead atoms. The highest BCUT2D eigenvalue weighted by Gasteiger charge is 2.21. The van der Waals surface area contributed by atoms with Gasteiger partial charge >= 0.3 is 0 Å². The van der Waals surface area contributed by atoms with Crippen molar-refractivity contribution in [2.75, 3.05) is 11.9 Å². The van der Waals surface area contributed by atoms with Crippen molar-refractivity contribution in [2.45, 2.75) is 58.6 Å².